The van der Waals surface area contributed by atoms with Gasteiger partial charge in [0.1, 0.15) is 11.6 Å². The maximum absolute atomic E-state index is 14.2. The normalized spacial score (nSPS) is 12.5. The highest BCUT2D eigenvalue weighted by atomic mass is 79.9. The average Bonchev–Trinajstić information content (AvgIpc) is 2.38. The van der Waals surface area contributed by atoms with Crippen molar-refractivity contribution in [1.82, 2.24) is 5.32 Å². The molecule has 0 heterocycles. The Morgan fingerprint density at radius 1 is 1.00 bits per heavy atom. The summed E-state index contributed by atoms with van der Waals surface area (Å²) < 4.78 is 29.1. The molecule has 0 amide bonds. The third-order valence-corrected chi connectivity index (χ3v) is 4.17. The Labute approximate surface area is 127 Å². The van der Waals surface area contributed by atoms with Gasteiger partial charge >= 0.3 is 0 Å². The highest BCUT2D eigenvalue weighted by molar-refractivity contribution is 9.10. The molecule has 0 saturated carbocycles. The molecule has 1 nitrogen and oxygen atoms in total. The summed E-state index contributed by atoms with van der Waals surface area (Å²) in [6.45, 7) is 0. The third-order valence-electron chi connectivity index (χ3n) is 2.87. The van der Waals surface area contributed by atoms with E-state index in [0.29, 0.717) is 20.1 Å². The monoisotopic (exact) mass is 389 g/mol. The maximum Gasteiger partial charge on any atom is 0.142 e. The van der Waals surface area contributed by atoms with Crippen LogP contribution in [-0.4, -0.2) is 7.05 Å². The van der Waals surface area contributed by atoms with Gasteiger partial charge in [0.05, 0.1) is 10.5 Å². The lowest BCUT2D eigenvalue weighted by molar-refractivity contribution is 0.542. The minimum atomic E-state index is -0.562. The molecule has 0 spiro atoms. The van der Waals surface area contributed by atoms with Gasteiger partial charge in [-0.1, -0.05) is 34.1 Å². The zero-order valence-electron chi connectivity index (χ0n) is 10.1. The molecule has 2 aromatic rings. The summed E-state index contributed by atoms with van der Waals surface area (Å²) in [4.78, 5) is 0. The van der Waals surface area contributed by atoms with Crippen molar-refractivity contribution in [3.8, 4) is 0 Å². The van der Waals surface area contributed by atoms with Crippen molar-refractivity contribution in [2.75, 3.05) is 7.05 Å². The van der Waals surface area contributed by atoms with Gasteiger partial charge < -0.3 is 5.32 Å². The molecule has 0 aliphatic heterocycles. The van der Waals surface area contributed by atoms with Gasteiger partial charge in [-0.25, -0.2) is 8.78 Å². The van der Waals surface area contributed by atoms with Crippen molar-refractivity contribution in [1.29, 1.82) is 0 Å². The largest absolute Gasteiger partial charge is 0.309 e. The lowest BCUT2D eigenvalue weighted by Gasteiger charge is -2.20. The summed E-state index contributed by atoms with van der Waals surface area (Å²) in [5, 5.41) is 2.95. The number of hydrogen-bond acceptors (Lipinski definition) is 1. The Bertz CT molecular complexity index is 582. The van der Waals surface area contributed by atoms with E-state index >= 15 is 0 Å². The van der Waals surface area contributed by atoms with E-state index in [0.717, 1.165) is 0 Å². The Morgan fingerprint density at radius 2 is 1.63 bits per heavy atom. The molecule has 0 aromatic heterocycles. The summed E-state index contributed by atoms with van der Waals surface area (Å²) in [5.74, 6) is -0.773. The van der Waals surface area contributed by atoms with Crippen LogP contribution in [0.3, 0.4) is 0 Å². The summed E-state index contributed by atoms with van der Waals surface area (Å²) in [6, 6.07) is 9.11. The number of hydrogen-bond donors (Lipinski definition) is 1. The van der Waals surface area contributed by atoms with Crippen LogP contribution in [0.1, 0.15) is 17.2 Å². The molecule has 0 bridgehead atoms. The fraction of sp³-hybridized carbons (Fsp3) is 0.143. The summed E-state index contributed by atoms with van der Waals surface area (Å²) in [7, 11) is 1.67. The van der Waals surface area contributed by atoms with E-state index in [4.69, 9.17) is 0 Å². The van der Waals surface area contributed by atoms with Gasteiger partial charge in [-0.3, -0.25) is 0 Å². The quantitative estimate of drug-likeness (QED) is 0.793. The second-order valence-corrected chi connectivity index (χ2v) is 5.71. The molecule has 0 aliphatic carbocycles. The smallest absolute Gasteiger partial charge is 0.142 e. The predicted octanol–water partition coefficient (Wildman–Crippen LogP) is 4.80. The van der Waals surface area contributed by atoms with E-state index in [1.54, 1.807) is 37.4 Å². The molecule has 0 radical (unpaired) electrons. The maximum atomic E-state index is 14.2. The summed E-state index contributed by atoms with van der Waals surface area (Å²) in [6.07, 6.45) is 0. The average molecular weight is 391 g/mol. The van der Waals surface area contributed by atoms with Crippen molar-refractivity contribution < 1.29 is 8.78 Å². The van der Waals surface area contributed by atoms with E-state index in [2.05, 4.69) is 37.2 Å². The fourth-order valence-corrected chi connectivity index (χ4v) is 2.94. The molecule has 19 heavy (non-hydrogen) atoms. The summed E-state index contributed by atoms with van der Waals surface area (Å²) >= 11 is 6.46. The minimum absolute atomic E-state index is 0.359. The second-order valence-electron chi connectivity index (χ2n) is 4.00. The van der Waals surface area contributed by atoms with Crippen molar-refractivity contribution in [3.63, 3.8) is 0 Å². The molecule has 0 aliphatic rings. The molecule has 2 rings (SSSR count). The first-order valence-electron chi connectivity index (χ1n) is 5.61. The molecular weight excluding hydrogens is 380 g/mol. The highest BCUT2D eigenvalue weighted by Crippen LogP contribution is 2.33. The highest BCUT2D eigenvalue weighted by Gasteiger charge is 2.22. The van der Waals surface area contributed by atoms with Crippen molar-refractivity contribution >= 4 is 31.9 Å². The Kier molecular flexibility index (Phi) is 4.71. The van der Waals surface area contributed by atoms with E-state index in [1.807, 2.05) is 0 Å². The number of rotatable bonds is 3. The van der Waals surface area contributed by atoms with E-state index in [-0.39, 0.29) is 5.82 Å². The van der Waals surface area contributed by atoms with Crippen molar-refractivity contribution in [3.05, 3.63) is 68.1 Å². The van der Waals surface area contributed by atoms with Crippen LogP contribution in [0.15, 0.2) is 45.3 Å². The number of halogens is 4. The zero-order chi connectivity index (χ0) is 14.0. The van der Waals surface area contributed by atoms with E-state index in [1.165, 1.54) is 6.07 Å². The number of nitrogens with one attached hydrogen (secondary N) is 1. The Hall–Kier alpha value is -0.780. The topological polar surface area (TPSA) is 12.0 Å². The first-order valence-corrected chi connectivity index (χ1v) is 7.20. The van der Waals surface area contributed by atoms with Gasteiger partial charge in [0.25, 0.3) is 0 Å². The van der Waals surface area contributed by atoms with Crippen LogP contribution in [0, 0.1) is 11.6 Å². The first kappa shape index (κ1) is 14.6. The SMILES string of the molecule is CNC(c1cccc(Br)c1F)c1c(F)cccc1Br. The second kappa shape index (κ2) is 6.11. The van der Waals surface area contributed by atoms with Crippen molar-refractivity contribution in [2.45, 2.75) is 6.04 Å². The zero-order valence-corrected chi connectivity index (χ0v) is 13.2. The Morgan fingerprint density at radius 3 is 2.26 bits per heavy atom. The molecule has 1 N–H and O–H groups in total. The molecular formula is C14H11Br2F2N. The molecule has 5 heteroatoms. The van der Waals surface area contributed by atoms with Gasteiger partial charge in [0.15, 0.2) is 0 Å². The lowest BCUT2D eigenvalue weighted by Crippen LogP contribution is -2.21. The first-order chi connectivity index (χ1) is 9.06. The van der Waals surface area contributed by atoms with Gasteiger partial charge in [-0.15, -0.1) is 0 Å². The molecule has 2 aromatic carbocycles. The molecule has 1 atom stereocenters. The van der Waals surface area contributed by atoms with Gasteiger partial charge in [-0.05, 0) is 41.2 Å². The van der Waals surface area contributed by atoms with Crippen LogP contribution in [0.5, 0.6) is 0 Å². The summed E-state index contributed by atoms with van der Waals surface area (Å²) in [5.41, 5.74) is 0.782. The third kappa shape index (κ3) is 2.88. The fourth-order valence-electron chi connectivity index (χ4n) is 1.99. The molecule has 0 fully saturated rings. The van der Waals surface area contributed by atoms with Crippen LogP contribution in [-0.2, 0) is 0 Å². The van der Waals surface area contributed by atoms with Crippen LogP contribution >= 0.6 is 31.9 Å². The number of benzene rings is 2. The molecule has 100 valence electrons. The predicted molar refractivity (Wildman–Crippen MR) is 79.1 cm³/mol. The van der Waals surface area contributed by atoms with Crippen LogP contribution in [0.25, 0.3) is 0 Å². The van der Waals surface area contributed by atoms with Crippen molar-refractivity contribution in [2.24, 2.45) is 0 Å². The molecule has 1 unspecified atom stereocenters. The van der Waals surface area contributed by atoms with Crippen LogP contribution in [0.4, 0.5) is 8.78 Å². The van der Waals surface area contributed by atoms with E-state index < -0.39 is 11.9 Å². The van der Waals surface area contributed by atoms with Gasteiger partial charge in [0.2, 0.25) is 0 Å². The van der Waals surface area contributed by atoms with Crippen LogP contribution in [0.2, 0.25) is 0 Å². The lowest BCUT2D eigenvalue weighted by atomic mass is 9.98. The van der Waals surface area contributed by atoms with Crippen LogP contribution < -0.4 is 5.32 Å². The van der Waals surface area contributed by atoms with E-state index in [9.17, 15) is 8.78 Å². The van der Waals surface area contributed by atoms with Gasteiger partial charge in [-0.2, -0.15) is 0 Å². The Balaban J connectivity index is 2.60. The molecule has 0 saturated heterocycles. The standard InChI is InChI=1S/C14H11Br2F2N/c1-19-14(8-4-2-6-10(16)13(8)18)12-9(15)5-3-7-11(12)17/h2-7,14,19H,1H3. The minimum Gasteiger partial charge on any atom is -0.309 e. The van der Waals surface area contributed by atoms with Gasteiger partial charge in [0, 0.05) is 15.6 Å².